The number of rotatable bonds is 5. The summed E-state index contributed by atoms with van der Waals surface area (Å²) in [7, 11) is 0. The molecule has 2 nitrogen and oxygen atoms in total. The van der Waals surface area contributed by atoms with E-state index < -0.39 is 0 Å². The quantitative estimate of drug-likeness (QED) is 0.128. The molecule has 0 bridgehead atoms. The smallest absolute Gasteiger partial charge is 0.137 e. The van der Waals surface area contributed by atoms with E-state index in [-0.39, 0.29) is 12.1 Å². The number of fused-ring (bicyclic) bond motifs is 10. The number of aliphatic imine (C=N–C) groups is 1. The molecule has 2 heterocycles. The molecule has 0 N–H and O–H groups in total. The lowest BCUT2D eigenvalue weighted by Gasteiger charge is -2.34. The Labute approximate surface area is 327 Å². The predicted octanol–water partition coefficient (Wildman–Crippen LogP) is 14.0. The summed E-state index contributed by atoms with van der Waals surface area (Å²) in [5.74, 6) is 1.01. The summed E-state index contributed by atoms with van der Waals surface area (Å²) in [6.45, 7) is 6.32. The van der Waals surface area contributed by atoms with Gasteiger partial charge >= 0.3 is 0 Å². The molecular weight excluding hydrogens is 677 g/mol. The van der Waals surface area contributed by atoms with Crippen LogP contribution in [0.5, 0.6) is 0 Å². The van der Waals surface area contributed by atoms with E-state index in [0.717, 1.165) is 11.4 Å². The lowest BCUT2D eigenvalue weighted by Crippen LogP contribution is -2.40. The normalized spacial score (nSPS) is 16.0. The van der Waals surface area contributed by atoms with Gasteiger partial charge in [-0.3, -0.25) is 4.99 Å². The lowest BCUT2D eigenvalue weighted by molar-refractivity contribution is 0.747. The van der Waals surface area contributed by atoms with Crippen molar-refractivity contribution in [3.63, 3.8) is 0 Å². The van der Waals surface area contributed by atoms with Gasteiger partial charge in [0.05, 0.1) is 17.8 Å². The minimum atomic E-state index is 0.00199. The van der Waals surface area contributed by atoms with Gasteiger partial charge < -0.3 is 4.90 Å². The van der Waals surface area contributed by atoms with Crippen LogP contribution in [0.15, 0.2) is 200 Å². The number of anilines is 1. The summed E-state index contributed by atoms with van der Waals surface area (Å²) in [6, 6.07) is 62.9. The first-order valence-corrected chi connectivity index (χ1v) is 19.5. The molecule has 0 radical (unpaired) electrons. The molecule has 1 unspecified atom stereocenters. The van der Waals surface area contributed by atoms with Crippen LogP contribution in [0.1, 0.15) is 12.5 Å². The van der Waals surface area contributed by atoms with Crippen molar-refractivity contribution in [2.75, 3.05) is 4.90 Å². The van der Waals surface area contributed by atoms with Crippen LogP contribution >= 0.6 is 0 Å². The largest absolute Gasteiger partial charge is 0.316 e. The number of nitrogens with zero attached hydrogens (tertiary/aromatic N) is 2. The van der Waals surface area contributed by atoms with Gasteiger partial charge in [-0.1, -0.05) is 158 Å². The van der Waals surface area contributed by atoms with Crippen LogP contribution in [-0.4, -0.2) is 17.9 Å². The van der Waals surface area contributed by atoms with Gasteiger partial charge in [-0.15, -0.1) is 6.58 Å². The molecule has 0 fully saturated rings. The van der Waals surface area contributed by atoms with E-state index >= 15 is 0 Å². The van der Waals surface area contributed by atoms with Crippen LogP contribution in [0, 0.1) is 0 Å². The topological polar surface area (TPSA) is 15.6 Å². The third-order valence-electron chi connectivity index (χ3n) is 11.9. The number of amidine groups is 1. The summed E-state index contributed by atoms with van der Waals surface area (Å²) in [4.78, 5) is 7.73. The van der Waals surface area contributed by atoms with Crippen LogP contribution in [0.25, 0.3) is 87.6 Å². The maximum atomic E-state index is 5.34. The summed E-state index contributed by atoms with van der Waals surface area (Å²) < 4.78 is 0. The summed E-state index contributed by atoms with van der Waals surface area (Å²) in [5, 5.41) is 9.96. The minimum Gasteiger partial charge on any atom is -0.316 e. The molecule has 9 aromatic rings. The Morgan fingerprint density at radius 2 is 1.04 bits per heavy atom. The van der Waals surface area contributed by atoms with Gasteiger partial charge in [0, 0.05) is 11.1 Å². The van der Waals surface area contributed by atoms with E-state index in [0.29, 0.717) is 0 Å². The standard InChI is InChI=1S/C54H38N2/c1-3-13-49-50(4-2)56-51-21-12-11-18-43(51)42-28-26-39(33-48(42)54(56)55-49)38-27-29-46-47(32-38)53(41-25-23-35-15-6-8-17-37(35)31-41)45-20-10-9-19-44(45)52(46)40-24-22-34-14-5-7-16-36(34)30-40/h3-33,49-50H,2H2,1H3/b13-3-/t49?,50-/m1/s1. The van der Waals surface area contributed by atoms with Crippen LogP contribution in [0.3, 0.4) is 0 Å². The fourth-order valence-electron chi connectivity index (χ4n) is 9.37. The van der Waals surface area contributed by atoms with Gasteiger partial charge in [-0.25, -0.2) is 0 Å². The van der Waals surface area contributed by atoms with Crippen molar-refractivity contribution in [2.24, 2.45) is 4.99 Å². The van der Waals surface area contributed by atoms with Crippen LogP contribution in [0.4, 0.5) is 5.69 Å². The van der Waals surface area contributed by atoms with Crippen molar-refractivity contribution < 1.29 is 0 Å². The first-order valence-electron chi connectivity index (χ1n) is 19.5. The molecule has 0 amide bonds. The average Bonchev–Trinajstić information content (AvgIpc) is 3.63. The third kappa shape index (κ3) is 4.92. The third-order valence-corrected chi connectivity index (χ3v) is 11.9. The molecule has 2 aliphatic rings. The number of hydrogen-bond donors (Lipinski definition) is 0. The second-order valence-electron chi connectivity index (χ2n) is 15.0. The lowest BCUT2D eigenvalue weighted by atomic mass is 9.83. The maximum absolute atomic E-state index is 5.34. The first-order chi connectivity index (χ1) is 27.7. The molecule has 0 spiro atoms. The zero-order chi connectivity index (χ0) is 37.3. The Morgan fingerprint density at radius 3 is 1.71 bits per heavy atom. The first kappa shape index (κ1) is 32.4. The van der Waals surface area contributed by atoms with E-state index in [1.165, 1.54) is 93.3 Å². The van der Waals surface area contributed by atoms with Gasteiger partial charge in [0.25, 0.3) is 0 Å². The number of benzene rings is 9. The van der Waals surface area contributed by atoms with E-state index in [4.69, 9.17) is 4.99 Å². The highest BCUT2D eigenvalue weighted by Gasteiger charge is 2.39. The number of hydrogen-bond acceptors (Lipinski definition) is 2. The molecule has 9 aromatic carbocycles. The van der Waals surface area contributed by atoms with Crippen molar-refractivity contribution in [1.82, 2.24) is 0 Å². The second-order valence-corrected chi connectivity index (χ2v) is 15.0. The molecule has 2 atom stereocenters. The maximum Gasteiger partial charge on any atom is 0.137 e. The summed E-state index contributed by atoms with van der Waals surface area (Å²) in [5.41, 5.74) is 12.1. The number of para-hydroxylation sites is 1. The van der Waals surface area contributed by atoms with Gasteiger partial charge in [0.15, 0.2) is 0 Å². The predicted molar refractivity (Wildman–Crippen MR) is 240 cm³/mol. The Balaban J connectivity index is 1.18. The summed E-state index contributed by atoms with van der Waals surface area (Å²) in [6.07, 6.45) is 6.34. The van der Waals surface area contributed by atoms with Crippen molar-refractivity contribution in [2.45, 2.75) is 19.0 Å². The molecule has 56 heavy (non-hydrogen) atoms. The Morgan fingerprint density at radius 1 is 0.482 bits per heavy atom. The monoisotopic (exact) mass is 714 g/mol. The van der Waals surface area contributed by atoms with Crippen LogP contribution in [0.2, 0.25) is 0 Å². The zero-order valence-corrected chi connectivity index (χ0v) is 31.2. The molecule has 2 aliphatic heterocycles. The molecule has 11 rings (SSSR count). The SMILES string of the molecule is C=C[C@@H]1C(/C=C\C)N=C2c3cc(-c4ccc5c(-c6ccc7ccccc7c6)c6ccccc6c(-c6ccc7ccccc7c6)c5c4)ccc3-c3ccccc3N21. The summed E-state index contributed by atoms with van der Waals surface area (Å²) >= 11 is 0. The Bertz CT molecular complexity index is 3150. The average molecular weight is 715 g/mol. The van der Waals surface area contributed by atoms with Crippen molar-refractivity contribution >= 4 is 54.6 Å². The second kappa shape index (κ2) is 12.8. The zero-order valence-electron chi connectivity index (χ0n) is 31.2. The van der Waals surface area contributed by atoms with Gasteiger partial charge in [0.1, 0.15) is 5.84 Å². The highest BCUT2D eigenvalue weighted by Crippen LogP contribution is 2.48. The molecular formula is C54H38N2. The van der Waals surface area contributed by atoms with Crippen molar-refractivity contribution in [1.29, 1.82) is 0 Å². The van der Waals surface area contributed by atoms with Crippen molar-refractivity contribution in [3.8, 4) is 44.5 Å². The van der Waals surface area contributed by atoms with Gasteiger partial charge in [0.2, 0.25) is 0 Å². The minimum absolute atomic E-state index is 0.00199. The molecule has 0 saturated carbocycles. The van der Waals surface area contributed by atoms with Crippen molar-refractivity contribution in [3.05, 3.63) is 200 Å². The van der Waals surface area contributed by atoms with Gasteiger partial charge in [-0.05, 0) is 119 Å². The van der Waals surface area contributed by atoms with E-state index in [2.05, 4.69) is 200 Å². The van der Waals surface area contributed by atoms with Gasteiger partial charge in [-0.2, -0.15) is 0 Å². The molecule has 0 aromatic heterocycles. The fraction of sp³-hybridized carbons (Fsp3) is 0.0556. The molecule has 2 heteroatoms. The molecule has 0 saturated heterocycles. The van der Waals surface area contributed by atoms with Crippen LogP contribution in [-0.2, 0) is 0 Å². The number of allylic oxidation sites excluding steroid dienone is 1. The highest BCUT2D eigenvalue weighted by atomic mass is 15.3. The van der Waals surface area contributed by atoms with Crippen LogP contribution < -0.4 is 4.90 Å². The Hall–Kier alpha value is -7.03. The fourth-order valence-corrected chi connectivity index (χ4v) is 9.37. The molecule has 0 aliphatic carbocycles. The highest BCUT2D eigenvalue weighted by molar-refractivity contribution is 6.23. The van der Waals surface area contributed by atoms with E-state index in [1.54, 1.807) is 0 Å². The van der Waals surface area contributed by atoms with E-state index in [9.17, 15) is 0 Å². The molecule has 264 valence electrons. The Kier molecular flexibility index (Phi) is 7.40. The van der Waals surface area contributed by atoms with E-state index in [1.807, 2.05) is 6.08 Å².